The molecule has 1 saturated heterocycles. The van der Waals surface area contributed by atoms with Crippen LogP contribution >= 0.6 is 11.3 Å². The normalized spacial score (nSPS) is 19.7. The standard InChI is InChI=1S/C11H14N2O3S/c1-2-13-4-8(3-10(13)14)5-16-11(15)9-6-17-7-12-9/h6-8H,2-5H2,1H3. The molecule has 1 unspecified atom stereocenters. The van der Waals surface area contributed by atoms with E-state index in [1.165, 1.54) is 11.3 Å². The Morgan fingerprint density at radius 1 is 1.71 bits per heavy atom. The van der Waals surface area contributed by atoms with Crippen molar-refractivity contribution >= 4 is 23.2 Å². The van der Waals surface area contributed by atoms with Crippen LogP contribution in [0.1, 0.15) is 23.8 Å². The van der Waals surface area contributed by atoms with Crippen molar-refractivity contribution in [1.82, 2.24) is 9.88 Å². The minimum absolute atomic E-state index is 0.116. The number of nitrogens with zero attached hydrogens (tertiary/aromatic N) is 2. The van der Waals surface area contributed by atoms with E-state index in [1.807, 2.05) is 6.92 Å². The van der Waals surface area contributed by atoms with Gasteiger partial charge in [-0.3, -0.25) is 4.79 Å². The summed E-state index contributed by atoms with van der Waals surface area (Å²) in [5, 5.41) is 1.65. The first-order chi connectivity index (χ1) is 8.20. The van der Waals surface area contributed by atoms with Crippen LogP contribution in [0.3, 0.4) is 0 Å². The number of esters is 1. The van der Waals surface area contributed by atoms with Crippen molar-refractivity contribution in [2.24, 2.45) is 5.92 Å². The predicted octanol–water partition coefficient (Wildman–Crippen LogP) is 1.17. The molecule has 1 fully saturated rings. The van der Waals surface area contributed by atoms with Crippen LogP contribution in [0, 0.1) is 5.92 Å². The second-order valence-corrected chi connectivity index (χ2v) is 4.69. The first-order valence-corrected chi connectivity index (χ1v) is 6.48. The van der Waals surface area contributed by atoms with Crippen molar-refractivity contribution < 1.29 is 14.3 Å². The van der Waals surface area contributed by atoms with Gasteiger partial charge in [-0.25, -0.2) is 9.78 Å². The lowest BCUT2D eigenvalue weighted by Crippen LogP contribution is -2.25. The third kappa shape index (κ3) is 2.82. The van der Waals surface area contributed by atoms with Crippen molar-refractivity contribution in [3.63, 3.8) is 0 Å². The van der Waals surface area contributed by atoms with Crippen LogP contribution in [-0.4, -0.2) is 41.5 Å². The topological polar surface area (TPSA) is 59.5 Å². The smallest absolute Gasteiger partial charge is 0.357 e. The van der Waals surface area contributed by atoms with Gasteiger partial charge in [-0.15, -0.1) is 11.3 Å². The molecule has 0 bridgehead atoms. The molecule has 1 amide bonds. The van der Waals surface area contributed by atoms with Gasteiger partial charge in [-0.1, -0.05) is 0 Å². The Kier molecular flexibility index (Phi) is 3.73. The Morgan fingerprint density at radius 3 is 3.12 bits per heavy atom. The van der Waals surface area contributed by atoms with Gasteiger partial charge in [0.25, 0.3) is 0 Å². The van der Waals surface area contributed by atoms with Gasteiger partial charge in [-0.05, 0) is 6.92 Å². The maximum atomic E-state index is 11.5. The monoisotopic (exact) mass is 254 g/mol. The minimum Gasteiger partial charge on any atom is -0.461 e. The molecule has 1 aromatic rings. The van der Waals surface area contributed by atoms with Gasteiger partial charge in [0.15, 0.2) is 5.69 Å². The lowest BCUT2D eigenvalue weighted by atomic mass is 10.1. The number of aromatic nitrogens is 1. The quantitative estimate of drug-likeness (QED) is 0.757. The molecule has 6 heteroatoms. The number of hydrogen-bond donors (Lipinski definition) is 0. The first-order valence-electron chi connectivity index (χ1n) is 5.53. The van der Waals surface area contributed by atoms with Crippen LogP contribution in [0.5, 0.6) is 0 Å². The summed E-state index contributed by atoms with van der Waals surface area (Å²) in [5.74, 6) is -0.152. The van der Waals surface area contributed by atoms with Gasteiger partial charge < -0.3 is 9.64 Å². The summed E-state index contributed by atoms with van der Waals surface area (Å²) in [6, 6.07) is 0. The van der Waals surface area contributed by atoms with E-state index in [0.717, 1.165) is 6.54 Å². The van der Waals surface area contributed by atoms with Crippen molar-refractivity contribution in [2.75, 3.05) is 19.7 Å². The molecule has 0 saturated carbocycles. The van der Waals surface area contributed by atoms with Crippen LogP contribution in [0.4, 0.5) is 0 Å². The highest BCUT2D eigenvalue weighted by Gasteiger charge is 2.29. The Morgan fingerprint density at radius 2 is 2.53 bits per heavy atom. The maximum Gasteiger partial charge on any atom is 0.357 e. The van der Waals surface area contributed by atoms with E-state index >= 15 is 0 Å². The summed E-state index contributed by atoms with van der Waals surface area (Å²) in [4.78, 5) is 28.6. The molecule has 5 nitrogen and oxygen atoms in total. The van der Waals surface area contributed by atoms with Gasteiger partial charge >= 0.3 is 5.97 Å². The van der Waals surface area contributed by atoms with Crippen molar-refractivity contribution in [3.05, 3.63) is 16.6 Å². The number of carbonyl (C=O) groups excluding carboxylic acids is 2. The van der Waals surface area contributed by atoms with E-state index in [2.05, 4.69) is 4.98 Å². The molecule has 17 heavy (non-hydrogen) atoms. The van der Waals surface area contributed by atoms with Crippen LogP contribution < -0.4 is 0 Å². The summed E-state index contributed by atoms with van der Waals surface area (Å²) in [5.41, 5.74) is 1.93. The summed E-state index contributed by atoms with van der Waals surface area (Å²) < 4.78 is 5.14. The average molecular weight is 254 g/mol. The maximum absolute atomic E-state index is 11.5. The van der Waals surface area contributed by atoms with E-state index in [1.54, 1.807) is 15.8 Å². The first kappa shape index (κ1) is 12.0. The Labute approximate surface area is 103 Å². The molecule has 0 aliphatic carbocycles. The predicted molar refractivity (Wildman–Crippen MR) is 62.8 cm³/mol. The Hall–Kier alpha value is -1.43. The average Bonchev–Trinajstić information content (AvgIpc) is 2.95. The van der Waals surface area contributed by atoms with E-state index < -0.39 is 5.97 Å². The fraction of sp³-hybridized carbons (Fsp3) is 0.545. The highest BCUT2D eigenvalue weighted by Crippen LogP contribution is 2.18. The molecule has 92 valence electrons. The van der Waals surface area contributed by atoms with Gasteiger partial charge in [0.05, 0.1) is 12.1 Å². The summed E-state index contributed by atoms with van der Waals surface area (Å²) in [6.45, 7) is 3.63. The number of likely N-dealkylation sites (tertiary alicyclic amines) is 1. The zero-order chi connectivity index (χ0) is 12.3. The second-order valence-electron chi connectivity index (χ2n) is 3.97. The lowest BCUT2D eigenvalue weighted by molar-refractivity contribution is -0.127. The molecule has 0 N–H and O–H groups in total. The second kappa shape index (κ2) is 5.27. The highest BCUT2D eigenvalue weighted by molar-refractivity contribution is 7.07. The zero-order valence-electron chi connectivity index (χ0n) is 9.59. The van der Waals surface area contributed by atoms with Gasteiger partial charge in [0, 0.05) is 30.8 Å². The zero-order valence-corrected chi connectivity index (χ0v) is 10.4. The van der Waals surface area contributed by atoms with Crippen LogP contribution in [0.2, 0.25) is 0 Å². The number of hydrogen-bond acceptors (Lipinski definition) is 5. The van der Waals surface area contributed by atoms with Gasteiger partial charge in [0.1, 0.15) is 0 Å². The molecule has 1 atom stereocenters. The van der Waals surface area contributed by atoms with E-state index in [9.17, 15) is 9.59 Å². The molecule has 2 rings (SSSR count). The molecule has 0 aromatic carbocycles. The van der Waals surface area contributed by atoms with Crippen molar-refractivity contribution in [1.29, 1.82) is 0 Å². The number of rotatable bonds is 4. The summed E-state index contributed by atoms with van der Waals surface area (Å²) in [6.07, 6.45) is 0.470. The number of ether oxygens (including phenoxy) is 1. The van der Waals surface area contributed by atoms with Crippen LogP contribution in [0.15, 0.2) is 10.9 Å². The van der Waals surface area contributed by atoms with Crippen LogP contribution in [-0.2, 0) is 9.53 Å². The molecule has 1 aliphatic rings. The molecular weight excluding hydrogens is 240 g/mol. The minimum atomic E-state index is -0.409. The number of carbonyl (C=O) groups is 2. The molecule has 2 heterocycles. The highest BCUT2D eigenvalue weighted by atomic mass is 32.1. The lowest BCUT2D eigenvalue weighted by Gasteiger charge is -2.13. The Balaban J connectivity index is 1.80. The van der Waals surface area contributed by atoms with E-state index in [-0.39, 0.29) is 11.8 Å². The number of thiazole rings is 1. The fourth-order valence-electron chi connectivity index (χ4n) is 1.85. The molecular formula is C11H14N2O3S. The fourth-order valence-corrected chi connectivity index (χ4v) is 2.37. The van der Waals surface area contributed by atoms with E-state index in [4.69, 9.17) is 4.74 Å². The van der Waals surface area contributed by atoms with Gasteiger partial charge in [0.2, 0.25) is 5.91 Å². The Bertz CT molecular complexity index is 405. The third-order valence-corrected chi connectivity index (χ3v) is 3.35. The van der Waals surface area contributed by atoms with Crippen molar-refractivity contribution in [3.8, 4) is 0 Å². The SMILES string of the molecule is CCN1CC(COC(=O)c2cscn2)CC1=O. The van der Waals surface area contributed by atoms with Gasteiger partial charge in [-0.2, -0.15) is 0 Å². The third-order valence-electron chi connectivity index (χ3n) is 2.77. The number of amides is 1. The largest absolute Gasteiger partial charge is 0.461 e. The van der Waals surface area contributed by atoms with E-state index in [0.29, 0.717) is 25.3 Å². The van der Waals surface area contributed by atoms with Crippen LogP contribution in [0.25, 0.3) is 0 Å². The summed E-state index contributed by atoms with van der Waals surface area (Å²) in [7, 11) is 0. The van der Waals surface area contributed by atoms with Crippen molar-refractivity contribution in [2.45, 2.75) is 13.3 Å². The molecule has 0 spiro atoms. The summed E-state index contributed by atoms with van der Waals surface area (Å²) >= 11 is 1.36. The molecule has 1 aliphatic heterocycles. The molecule has 1 aromatic heterocycles. The molecule has 0 radical (unpaired) electrons.